The molecule has 0 radical (unpaired) electrons. The van der Waals surface area contributed by atoms with E-state index in [4.69, 9.17) is 4.42 Å². The average Bonchev–Trinajstić information content (AvgIpc) is 3.20. The van der Waals surface area contributed by atoms with E-state index in [1.807, 2.05) is 32.0 Å². The number of amides is 1. The van der Waals surface area contributed by atoms with Crippen molar-refractivity contribution in [3.8, 4) is 0 Å². The van der Waals surface area contributed by atoms with Gasteiger partial charge in [-0.2, -0.15) is 0 Å². The van der Waals surface area contributed by atoms with E-state index < -0.39 is 10.8 Å². The second-order valence-corrected chi connectivity index (χ2v) is 6.51. The average molecular weight is 358 g/mol. The Morgan fingerprint density at radius 3 is 2.72 bits per heavy atom. The highest BCUT2D eigenvalue weighted by Gasteiger charge is 2.17. The van der Waals surface area contributed by atoms with Crippen LogP contribution in [-0.4, -0.2) is 21.0 Å². The normalized spacial score (nSPS) is 10.6. The number of nitrogens with zero attached hydrogens (tertiary/aromatic N) is 3. The molecule has 0 atom stereocenters. The molecule has 0 aliphatic rings. The molecule has 2 aromatic heterocycles. The summed E-state index contributed by atoms with van der Waals surface area (Å²) in [6, 6.07) is 8.66. The van der Waals surface area contributed by atoms with Gasteiger partial charge in [0.15, 0.2) is 0 Å². The molecular weight excluding hydrogens is 344 g/mol. The number of hydrogen-bond donors (Lipinski definition) is 1. The number of anilines is 1. The first-order valence-corrected chi connectivity index (χ1v) is 8.18. The topological polar surface area (TPSA) is 111 Å². The van der Waals surface area contributed by atoms with Crippen LogP contribution in [0.5, 0.6) is 0 Å². The van der Waals surface area contributed by atoms with Gasteiger partial charge >= 0.3 is 11.0 Å². The van der Waals surface area contributed by atoms with Gasteiger partial charge in [-0.3, -0.25) is 20.2 Å². The molecule has 128 valence electrons. The fourth-order valence-corrected chi connectivity index (χ4v) is 2.89. The standard InChI is InChI=1S/C16H14N4O4S/c1-9-3-4-11(7-10(9)2)8-13-18-19-16(24-13)17-15(21)12-5-6-14(25-12)20(22)23/h3-7H,8H2,1-2H3,(H,17,19,21). The van der Waals surface area contributed by atoms with E-state index in [1.54, 1.807) is 0 Å². The van der Waals surface area contributed by atoms with Crippen LogP contribution in [0.1, 0.15) is 32.3 Å². The molecule has 0 spiro atoms. The van der Waals surface area contributed by atoms with Crippen molar-refractivity contribution >= 4 is 28.3 Å². The van der Waals surface area contributed by atoms with Crippen molar-refractivity contribution in [3.05, 3.63) is 67.9 Å². The van der Waals surface area contributed by atoms with Gasteiger partial charge in [0.2, 0.25) is 5.89 Å². The Kier molecular flexibility index (Phi) is 4.57. The third kappa shape index (κ3) is 3.89. The molecule has 0 bridgehead atoms. The molecule has 0 fully saturated rings. The van der Waals surface area contributed by atoms with E-state index >= 15 is 0 Å². The van der Waals surface area contributed by atoms with Crippen molar-refractivity contribution in [3.63, 3.8) is 0 Å². The minimum absolute atomic E-state index is 0.0418. The number of nitrogens with one attached hydrogen (secondary N) is 1. The minimum Gasteiger partial charge on any atom is -0.407 e. The van der Waals surface area contributed by atoms with Crippen LogP contribution in [0, 0.1) is 24.0 Å². The second kappa shape index (κ2) is 6.81. The predicted molar refractivity (Wildman–Crippen MR) is 91.9 cm³/mol. The Morgan fingerprint density at radius 1 is 1.24 bits per heavy atom. The summed E-state index contributed by atoms with van der Waals surface area (Å²) in [5.74, 6) is -0.157. The third-order valence-corrected chi connectivity index (χ3v) is 4.65. The highest BCUT2D eigenvalue weighted by atomic mass is 32.1. The van der Waals surface area contributed by atoms with E-state index in [-0.39, 0.29) is 15.9 Å². The zero-order chi connectivity index (χ0) is 18.0. The van der Waals surface area contributed by atoms with Crippen molar-refractivity contribution in [1.82, 2.24) is 10.2 Å². The summed E-state index contributed by atoms with van der Waals surface area (Å²) in [7, 11) is 0. The number of thiophene rings is 1. The molecule has 2 heterocycles. The van der Waals surface area contributed by atoms with E-state index in [2.05, 4.69) is 15.5 Å². The smallest absolute Gasteiger partial charge is 0.324 e. The van der Waals surface area contributed by atoms with Gasteiger partial charge in [-0.05, 0) is 36.6 Å². The number of aromatic nitrogens is 2. The van der Waals surface area contributed by atoms with Crippen LogP contribution in [0.25, 0.3) is 0 Å². The lowest BCUT2D eigenvalue weighted by molar-refractivity contribution is -0.380. The van der Waals surface area contributed by atoms with Gasteiger partial charge in [0, 0.05) is 6.07 Å². The van der Waals surface area contributed by atoms with Crippen LogP contribution in [0.3, 0.4) is 0 Å². The van der Waals surface area contributed by atoms with E-state index in [1.165, 1.54) is 23.3 Å². The van der Waals surface area contributed by atoms with Gasteiger partial charge in [-0.25, -0.2) is 0 Å². The van der Waals surface area contributed by atoms with Gasteiger partial charge in [0.05, 0.1) is 16.2 Å². The van der Waals surface area contributed by atoms with Crippen LogP contribution in [-0.2, 0) is 6.42 Å². The van der Waals surface area contributed by atoms with Crippen LogP contribution < -0.4 is 5.32 Å². The van der Waals surface area contributed by atoms with Crippen molar-refractivity contribution < 1.29 is 14.1 Å². The monoisotopic (exact) mass is 358 g/mol. The molecule has 3 aromatic rings. The maximum atomic E-state index is 12.0. The molecule has 0 saturated heterocycles. The van der Waals surface area contributed by atoms with Gasteiger partial charge in [-0.15, -0.1) is 5.10 Å². The first-order valence-electron chi connectivity index (χ1n) is 7.36. The summed E-state index contributed by atoms with van der Waals surface area (Å²) >= 11 is 0.780. The van der Waals surface area contributed by atoms with Gasteiger partial charge in [-0.1, -0.05) is 34.6 Å². The van der Waals surface area contributed by atoms with Crippen LogP contribution in [0.4, 0.5) is 11.0 Å². The Bertz CT molecular complexity index is 947. The molecule has 0 aliphatic carbocycles. The highest BCUT2D eigenvalue weighted by Crippen LogP contribution is 2.24. The minimum atomic E-state index is -0.546. The number of benzene rings is 1. The van der Waals surface area contributed by atoms with Crippen molar-refractivity contribution in [2.45, 2.75) is 20.3 Å². The zero-order valence-corrected chi connectivity index (χ0v) is 14.3. The van der Waals surface area contributed by atoms with Crippen LogP contribution in [0.15, 0.2) is 34.7 Å². The third-order valence-electron chi connectivity index (χ3n) is 3.61. The maximum absolute atomic E-state index is 12.0. The number of carbonyl (C=O) groups excluding carboxylic acids is 1. The maximum Gasteiger partial charge on any atom is 0.324 e. The van der Waals surface area contributed by atoms with Crippen molar-refractivity contribution in [2.24, 2.45) is 0 Å². The SMILES string of the molecule is Cc1ccc(Cc2nnc(NC(=O)c3ccc([N+](=O)[O-])s3)o2)cc1C. The number of aryl methyl sites for hydroxylation is 2. The lowest BCUT2D eigenvalue weighted by atomic mass is 10.0. The Balaban J connectivity index is 1.67. The molecule has 1 aromatic carbocycles. The van der Waals surface area contributed by atoms with E-state index in [9.17, 15) is 14.9 Å². The molecule has 9 heteroatoms. The van der Waals surface area contributed by atoms with Gasteiger partial charge in [0.25, 0.3) is 5.91 Å². The van der Waals surface area contributed by atoms with Crippen molar-refractivity contribution in [2.75, 3.05) is 5.32 Å². The summed E-state index contributed by atoms with van der Waals surface area (Å²) in [6.45, 7) is 4.06. The lowest BCUT2D eigenvalue weighted by Crippen LogP contribution is -2.10. The highest BCUT2D eigenvalue weighted by molar-refractivity contribution is 7.17. The Hall–Kier alpha value is -3.07. The van der Waals surface area contributed by atoms with Crippen LogP contribution in [0.2, 0.25) is 0 Å². The Labute approximate surface area is 146 Å². The summed E-state index contributed by atoms with van der Waals surface area (Å²) in [5.41, 5.74) is 3.40. The molecule has 0 aliphatic heterocycles. The second-order valence-electron chi connectivity index (χ2n) is 5.45. The summed E-state index contributed by atoms with van der Waals surface area (Å²) in [5, 5.41) is 20.7. The molecule has 1 amide bonds. The van der Waals surface area contributed by atoms with Gasteiger partial charge in [0.1, 0.15) is 0 Å². The number of carbonyl (C=O) groups is 1. The van der Waals surface area contributed by atoms with E-state index in [0.717, 1.165) is 16.9 Å². The molecule has 3 rings (SSSR count). The molecule has 0 unspecified atom stereocenters. The molecule has 25 heavy (non-hydrogen) atoms. The number of hydrogen-bond acceptors (Lipinski definition) is 7. The quantitative estimate of drug-likeness (QED) is 0.552. The lowest BCUT2D eigenvalue weighted by Gasteiger charge is -2.02. The first-order chi connectivity index (χ1) is 11.9. The molecule has 8 nitrogen and oxygen atoms in total. The molecule has 1 N–H and O–H groups in total. The number of rotatable bonds is 5. The number of nitro groups is 1. The fourth-order valence-electron chi connectivity index (χ4n) is 2.17. The predicted octanol–water partition coefficient (Wildman–Crippen LogP) is 3.50. The van der Waals surface area contributed by atoms with Crippen molar-refractivity contribution in [1.29, 1.82) is 0 Å². The largest absolute Gasteiger partial charge is 0.407 e. The summed E-state index contributed by atoms with van der Waals surface area (Å²) in [6.07, 6.45) is 0.453. The molecule has 0 saturated carbocycles. The van der Waals surface area contributed by atoms with E-state index in [0.29, 0.717) is 12.3 Å². The fraction of sp³-hybridized carbons (Fsp3) is 0.188. The summed E-state index contributed by atoms with van der Waals surface area (Å²) in [4.78, 5) is 22.4. The van der Waals surface area contributed by atoms with Gasteiger partial charge < -0.3 is 4.42 Å². The summed E-state index contributed by atoms with van der Waals surface area (Å²) < 4.78 is 5.42. The zero-order valence-electron chi connectivity index (χ0n) is 13.5. The van der Waals surface area contributed by atoms with Crippen LogP contribution >= 0.6 is 11.3 Å². The first kappa shape index (κ1) is 16.8. The Morgan fingerprint density at radius 2 is 2.04 bits per heavy atom. The molecular formula is C16H14N4O4S.